The highest BCUT2D eigenvalue weighted by atomic mass is 32.1. The minimum absolute atomic E-state index is 0.0233. The summed E-state index contributed by atoms with van der Waals surface area (Å²) in [5, 5.41) is 0.807. The topological polar surface area (TPSA) is 38.9 Å². The molecule has 0 radical (unpaired) electrons. The van der Waals surface area contributed by atoms with Crippen LogP contribution in [-0.4, -0.2) is 4.98 Å². The molecule has 0 aliphatic heterocycles. The average Bonchev–Trinajstić information content (AvgIpc) is 2.66. The van der Waals surface area contributed by atoms with Gasteiger partial charge in [0.2, 0.25) is 0 Å². The van der Waals surface area contributed by atoms with Crippen LogP contribution in [0.15, 0.2) is 30.5 Å². The molecule has 0 amide bonds. The van der Waals surface area contributed by atoms with Gasteiger partial charge in [0.1, 0.15) is 10.8 Å². The van der Waals surface area contributed by atoms with Gasteiger partial charge in [-0.2, -0.15) is 0 Å². The number of thiazole rings is 1. The van der Waals surface area contributed by atoms with Gasteiger partial charge in [0.15, 0.2) is 0 Å². The smallest absolute Gasteiger partial charge is 0.123 e. The number of rotatable bonds is 2. The van der Waals surface area contributed by atoms with Crippen LogP contribution in [0.2, 0.25) is 0 Å². The predicted molar refractivity (Wildman–Crippen MR) is 60.1 cm³/mol. The van der Waals surface area contributed by atoms with E-state index in [0.717, 1.165) is 15.4 Å². The number of benzene rings is 1. The molecule has 2 nitrogen and oxygen atoms in total. The fourth-order valence-corrected chi connectivity index (χ4v) is 2.12. The summed E-state index contributed by atoms with van der Waals surface area (Å²) in [6, 6.07) is 6.39. The third kappa shape index (κ3) is 2.22. The van der Waals surface area contributed by atoms with Crippen LogP contribution in [0.3, 0.4) is 0 Å². The third-order valence-electron chi connectivity index (χ3n) is 2.04. The molecule has 2 aromatic rings. The molecule has 0 bridgehead atoms. The second-order valence-electron chi connectivity index (χ2n) is 3.37. The molecule has 0 aliphatic carbocycles. The van der Waals surface area contributed by atoms with Gasteiger partial charge in [-0.1, -0.05) is 12.1 Å². The Hall–Kier alpha value is -1.26. The molecule has 15 heavy (non-hydrogen) atoms. The zero-order valence-corrected chi connectivity index (χ0v) is 9.09. The van der Waals surface area contributed by atoms with E-state index >= 15 is 0 Å². The van der Waals surface area contributed by atoms with Gasteiger partial charge in [0, 0.05) is 22.7 Å². The van der Waals surface area contributed by atoms with Crippen LogP contribution >= 0.6 is 11.3 Å². The molecule has 1 heterocycles. The number of nitrogens with two attached hydrogens (primary N) is 1. The lowest BCUT2D eigenvalue weighted by Gasteiger charge is -1.97. The van der Waals surface area contributed by atoms with E-state index in [0.29, 0.717) is 0 Å². The van der Waals surface area contributed by atoms with Gasteiger partial charge < -0.3 is 5.73 Å². The van der Waals surface area contributed by atoms with E-state index in [1.54, 1.807) is 12.3 Å². The van der Waals surface area contributed by atoms with Crippen LogP contribution in [0.4, 0.5) is 4.39 Å². The quantitative estimate of drug-likeness (QED) is 0.848. The lowest BCUT2D eigenvalue weighted by Crippen LogP contribution is -2.01. The molecule has 78 valence electrons. The lowest BCUT2D eigenvalue weighted by atomic mass is 10.2. The Morgan fingerprint density at radius 1 is 1.47 bits per heavy atom. The molecule has 0 fully saturated rings. The van der Waals surface area contributed by atoms with Crippen molar-refractivity contribution >= 4 is 11.3 Å². The summed E-state index contributed by atoms with van der Waals surface area (Å²) in [6.45, 7) is 1.91. The van der Waals surface area contributed by atoms with Crippen molar-refractivity contribution in [3.8, 4) is 10.6 Å². The Morgan fingerprint density at radius 2 is 2.27 bits per heavy atom. The summed E-state index contributed by atoms with van der Waals surface area (Å²) < 4.78 is 13.0. The Labute approximate surface area is 91.6 Å². The van der Waals surface area contributed by atoms with Crippen LogP contribution in [-0.2, 0) is 0 Å². The predicted octanol–water partition coefficient (Wildman–Crippen LogP) is 2.97. The molecule has 0 spiro atoms. The van der Waals surface area contributed by atoms with Crippen LogP contribution in [0, 0.1) is 5.82 Å². The minimum atomic E-state index is -0.245. The van der Waals surface area contributed by atoms with E-state index < -0.39 is 0 Å². The van der Waals surface area contributed by atoms with E-state index in [-0.39, 0.29) is 11.9 Å². The number of hydrogen-bond donors (Lipinski definition) is 1. The van der Waals surface area contributed by atoms with Crippen molar-refractivity contribution in [2.45, 2.75) is 13.0 Å². The fraction of sp³-hybridized carbons (Fsp3) is 0.182. The SMILES string of the molecule is C[C@@H](N)c1cnc(-c2cccc(F)c2)s1. The maximum Gasteiger partial charge on any atom is 0.123 e. The molecule has 1 aromatic carbocycles. The van der Waals surface area contributed by atoms with E-state index in [2.05, 4.69) is 4.98 Å². The van der Waals surface area contributed by atoms with Crippen molar-refractivity contribution in [2.24, 2.45) is 5.73 Å². The number of aromatic nitrogens is 1. The molecule has 1 aromatic heterocycles. The fourth-order valence-electron chi connectivity index (χ4n) is 1.25. The molecule has 1 atom stereocenters. The van der Waals surface area contributed by atoms with Crippen LogP contribution in [0.25, 0.3) is 10.6 Å². The van der Waals surface area contributed by atoms with Crippen LogP contribution in [0.5, 0.6) is 0 Å². The normalized spacial score (nSPS) is 12.7. The van der Waals surface area contributed by atoms with E-state index in [9.17, 15) is 4.39 Å². The lowest BCUT2D eigenvalue weighted by molar-refractivity contribution is 0.628. The third-order valence-corrected chi connectivity index (χ3v) is 3.29. The Balaban J connectivity index is 2.37. The van der Waals surface area contributed by atoms with Crippen LogP contribution < -0.4 is 5.73 Å². The first-order valence-corrected chi connectivity index (χ1v) is 5.45. The molecule has 2 N–H and O–H groups in total. The highest BCUT2D eigenvalue weighted by molar-refractivity contribution is 7.15. The molecule has 2 rings (SSSR count). The summed E-state index contributed by atoms with van der Waals surface area (Å²) in [5.41, 5.74) is 6.53. The summed E-state index contributed by atoms with van der Waals surface area (Å²) >= 11 is 1.50. The highest BCUT2D eigenvalue weighted by Gasteiger charge is 2.07. The maximum absolute atomic E-state index is 13.0. The van der Waals surface area contributed by atoms with Crippen LogP contribution in [0.1, 0.15) is 17.8 Å². The van der Waals surface area contributed by atoms with Crippen molar-refractivity contribution < 1.29 is 4.39 Å². The molecule has 0 saturated heterocycles. The van der Waals surface area contributed by atoms with Gasteiger partial charge in [-0.3, -0.25) is 0 Å². The van der Waals surface area contributed by atoms with Crippen molar-refractivity contribution in [3.63, 3.8) is 0 Å². The summed E-state index contributed by atoms with van der Waals surface area (Å²) in [4.78, 5) is 5.23. The first-order chi connectivity index (χ1) is 7.16. The van der Waals surface area contributed by atoms with E-state index in [4.69, 9.17) is 5.73 Å². The first kappa shape index (κ1) is 10.3. The van der Waals surface area contributed by atoms with Crippen molar-refractivity contribution in [1.29, 1.82) is 0 Å². The molecule has 0 saturated carbocycles. The van der Waals surface area contributed by atoms with E-state index in [1.165, 1.54) is 23.5 Å². The Kier molecular flexibility index (Phi) is 2.79. The summed E-state index contributed by atoms with van der Waals surface area (Å²) in [5.74, 6) is -0.245. The Bertz CT molecular complexity index is 465. The Morgan fingerprint density at radius 3 is 2.87 bits per heavy atom. The number of halogens is 1. The standard InChI is InChI=1S/C11H11FN2S/c1-7(13)10-6-14-11(15-10)8-3-2-4-9(12)5-8/h2-7H,13H2,1H3/t7-/m1/s1. The molecule has 0 aliphatic rings. The van der Waals surface area contributed by atoms with Gasteiger partial charge in [-0.25, -0.2) is 9.37 Å². The molecular formula is C11H11FN2S. The second kappa shape index (κ2) is 4.08. The highest BCUT2D eigenvalue weighted by Crippen LogP contribution is 2.27. The van der Waals surface area contributed by atoms with Gasteiger partial charge in [-0.05, 0) is 19.1 Å². The monoisotopic (exact) mass is 222 g/mol. The van der Waals surface area contributed by atoms with Crippen molar-refractivity contribution in [2.75, 3.05) is 0 Å². The van der Waals surface area contributed by atoms with Gasteiger partial charge in [0.05, 0.1) is 0 Å². The van der Waals surface area contributed by atoms with Crippen molar-refractivity contribution in [3.05, 3.63) is 41.2 Å². The minimum Gasteiger partial charge on any atom is -0.323 e. The summed E-state index contributed by atoms with van der Waals surface area (Å²) in [7, 11) is 0. The first-order valence-electron chi connectivity index (χ1n) is 4.64. The van der Waals surface area contributed by atoms with Crippen molar-refractivity contribution in [1.82, 2.24) is 4.98 Å². The second-order valence-corrected chi connectivity index (χ2v) is 4.43. The maximum atomic E-state index is 13.0. The summed E-state index contributed by atoms with van der Waals surface area (Å²) in [6.07, 6.45) is 1.75. The number of nitrogens with zero attached hydrogens (tertiary/aromatic N) is 1. The average molecular weight is 222 g/mol. The van der Waals surface area contributed by atoms with Gasteiger partial charge in [0.25, 0.3) is 0 Å². The zero-order chi connectivity index (χ0) is 10.8. The largest absolute Gasteiger partial charge is 0.323 e. The number of hydrogen-bond acceptors (Lipinski definition) is 3. The zero-order valence-electron chi connectivity index (χ0n) is 8.27. The van der Waals surface area contributed by atoms with Gasteiger partial charge in [-0.15, -0.1) is 11.3 Å². The van der Waals surface area contributed by atoms with Gasteiger partial charge >= 0.3 is 0 Å². The molecule has 4 heteroatoms. The molecule has 0 unspecified atom stereocenters. The van der Waals surface area contributed by atoms with E-state index in [1.807, 2.05) is 13.0 Å². The molecular weight excluding hydrogens is 211 g/mol.